The first-order valence-corrected chi connectivity index (χ1v) is 16.1. The molecule has 0 saturated carbocycles. The summed E-state index contributed by atoms with van der Waals surface area (Å²) in [6.07, 6.45) is 3.56. The number of halogens is 3. The third-order valence-electron chi connectivity index (χ3n) is 7.54. The van der Waals surface area contributed by atoms with Gasteiger partial charge in [-0.25, -0.2) is 33.0 Å². The van der Waals surface area contributed by atoms with Crippen LogP contribution in [0.15, 0.2) is 112 Å². The molecule has 7 rings (SSSR count). The van der Waals surface area contributed by atoms with Crippen molar-refractivity contribution in [2.24, 2.45) is 14.1 Å². The molecule has 7 aromatic rings. The summed E-state index contributed by atoms with van der Waals surface area (Å²) in [4.78, 5) is 46.6. The summed E-state index contributed by atoms with van der Waals surface area (Å²) in [7, 11) is 4.58. The zero-order valence-electron chi connectivity index (χ0n) is 27.7. The van der Waals surface area contributed by atoms with Crippen molar-refractivity contribution in [2.75, 3.05) is 12.4 Å². The molecular weight excluding hydrogens is 700 g/mol. The van der Waals surface area contributed by atoms with Crippen LogP contribution in [0, 0.1) is 17.5 Å². The molecule has 3 aromatic carbocycles. The van der Waals surface area contributed by atoms with Crippen molar-refractivity contribution in [1.82, 2.24) is 29.1 Å². The minimum atomic E-state index is -0.384. The lowest BCUT2D eigenvalue weighted by Gasteiger charge is -2.10. The van der Waals surface area contributed by atoms with Crippen molar-refractivity contribution in [1.29, 1.82) is 0 Å². The van der Waals surface area contributed by atoms with Crippen LogP contribution >= 0.6 is 12.0 Å². The van der Waals surface area contributed by atoms with Crippen molar-refractivity contribution in [3.63, 3.8) is 0 Å². The third kappa shape index (κ3) is 8.43. The van der Waals surface area contributed by atoms with Gasteiger partial charge < -0.3 is 10.1 Å². The maximum atomic E-state index is 13.1. The average Bonchev–Trinajstić information content (AvgIpc) is 3.15. The maximum absolute atomic E-state index is 13.1. The Balaban J connectivity index is 0.000000181. The molecule has 0 amide bonds. The van der Waals surface area contributed by atoms with Crippen LogP contribution in [0.25, 0.3) is 22.1 Å². The van der Waals surface area contributed by atoms with Crippen molar-refractivity contribution >= 4 is 45.7 Å². The summed E-state index contributed by atoms with van der Waals surface area (Å²) in [5, 5.41) is 4.61. The Morgan fingerprint density at radius 1 is 0.731 bits per heavy atom. The van der Waals surface area contributed by atoms with E-state index in [1.165, 1.54) is 70.8 Å². The minimum Gasteiger partial charge on any atom is -0.452 e. The van der Waals surface area contributed by atoms with Gasteiger partial charge in [0.1, 0.15) is 46.5 Å². The van der Waals surface area contributed by atoms with Crippen molar-refractivity contribution in [3.8, 4) is 11.5 Å². The molecule has 264 valence electrons. The Hall–Kier alpha value is -6.10. The number of nitrogens with zero attached hydrogens (tertiary/aromatic N) is 6. The van der Waals surface area contributed by atoms with Gasteiger partial charge in [-0.3, -0.25) is 18.7 Å². The number of benzene rings is 3. The fourth-order valence-electron chi connectivity index (χ4n) is 4.99. The van der Waals surface area contributed by atoms with E-state index in [1.807, 2.05) is 0 Å². The van der Waals surface area contributed by atoms with E-state index in [2.05, 4.69) is 30.1 Å². The smallest absolute Gasteiger partial charge is 0.294 e. The predicted molar refractivity (Wildman–Crippen MR) is 189 cm³/mol. The van der Waals surface area contributed by atoms with E-state index in [4.69, 9.17) is 9.07 Å². The second-order valence-corrected chi connectivity index (χ2v) is 11.8. The summed E-state index contributed by atoms with van der Waals surface area (Å²) in [6.45, 7) is 0. The van der Waals surface area contributed by atoms with Crippen LogP contribution < -0.4 is 21.2 Å². The lowest BCUT2D eigenvalue weighted by molar-refractivity contribution is -0.160. The van der Waals surface area contributed by atoms with Gasteiger partial charge in [-0.2, -0.15) is 9.32 Å². The molecule has 0 bridgehead atoms. The summed E-state index contributed by atoms with van der Waals surface area (Å²) in [5.74, 6) is -0.278. The van der Waals surface area contributed by atoms with Crippen LogP contribution in [-0.4, -0.2) is 36.2 Å². The first-order chi connectivity index (χ1) is 25.1. The minimum absolute atomic E-state index is 0.0914. The molecule has 52 heavy (non-hydrogen) atoms. The van der Waals surface area contributed by atoms with Gasteiger partial charge >= 0.3 is 0 Å². The Bertz CT molecular complexity index is 2480. The quantitative estimate of drug-likeness (QED) is 0.0729. The topological polar surface area (TPSA) is 135 Å². The van der Waals surface area contributed by atoms with E-state index in [-0.39, 0.29) is 34.3 Å². The summed E-state index contributed by atoms with van der Waals surface area (Å²) >= 11 is 0.831. The summed E-state index contributed by atoms with van der Waals surface area (Å²) < 4.78 is 52.1. The van der Waals surface area contributed by atoms with Crippen molar-refractivity contribution < 1.29 is 27.1 Å². The molecule has 1 N–H and O–H groups in total. The molecule has 0 atom stereocenters. The molecular formula is C36H28F3N7O5S. The van der Waals surface area contributed by atoms with Crippen LogP contribution in [-0.2, 0) is 29.7 Å². The molecule has 0 aliphatic rings. The van der Waals surface area contributed by atoms with E-state index in [9.17, 15) is 22.8 Å². The Morgan fingerprint density at radius 2 is 1.31 bits per heavy atom. The molecule has 0 unspecified atom stereocenters. The van der Waals surface area contributed by atoms with E-state index in [0.717, 1.165) is 17.6 Å². The number of hydrogen-bond acceptors (Lipinski definition) is 11. The van der Waals surface area contributed by atoms with Gasteiger partial charge in [-0.15, -0.1) is 0 Å². The van der Waals surface area contributed by atoms with Crippen molar-refractivity contribution in [3.05, 3.63) is 147 Å². The van der Waals surface area contributed by atoms with Crippen LogP contribution in [0.1, 0.15) is 11.1 Å². The van der Waals surface area contributed by atoms with Gasteiger partial charge in [0.05, 0.1) is 7.11 Å². The second kappa shape index (κ2) is 15.8. The Kier molecular flexibility index (Phi) is 10.9. The van der Waals surface area contributed by atoms with Crippen LogP contribution in [0.4, 0.5) is 24.8 Å². The summed E-state index contributed by atoms with van der Waals surface area (Å²) in [6, 6.07) is 20.6. The van der Waals surface area contributed by atoms with Gasteiger partial charge in [-0.05, 0) is 78.4 Å². The number of rotatable bonds is 9. The SMILES string of the molecule is COOSc1ncc2cc(Oc3ccc(F)cc3)c(=O)n(C)c2n1.Cn1c(=O)c(Cc2ccc(F)cc2)cc2cnc(Nc3ccc(F)cc3)nc21. The first-order valence-electron chi connectivity index (χ1n) is 15.4. The normalized spacial score (nSPS) is 11.0. The fourth-order valence-corrected chi connectivity index (χ4v) is 5.34. The number of aryl methyl sites for hydroxylation is 2. The van der Waals surface area contributed by atoms with Gasteiger partial charge in [-0.1, -0.05) is 12.1 Å². The molecule has 0 saturated heterocycles. The Labute approximate surface area is 297 Å². The van der Waals surface area contributed by atoms with Gasteiger partial charge in [0.25, 0.3) is 11.1 Å². The van der Waals surface area contributed by atoms with Crippen LogP contribution in [0.3, 0.4) is 0 Å². The van der Waals surface area contributed by atoms with Crippen molar-refractivity contribution in [2.45, 2.75) is 11.6 Å². The van der Waals surface area contributed by atoms with Gasteiger partial charge in [0.2, 0.25) is 11.1 Å². The fraction of sp³-hybridized carbons (Fsp3) is 0.111. The molecule has 0 spiro atoms. The number of fused-ring (bicyclic) bond motifs is 2. The number of hydrogen-bond donors (Lipinski definition) is 1. The van der Waals surface area contributed by atoms with E-state index in [1.54, 1.807) is 56.8 Å². The molecule has 4 heterocycles. The lowest BCUT2D eigenvalue weighted by atomic mass is 10.1. The number of nitrogens with one attached hydrogen (secondary N) is 1. The zero-order valence-corrected chi connectivity index (χ0v) is 28.5. The zero-order chi connectivity index (χ0) is 36.8. The molecule has 0 aliphatic heterocycles. The highest BCUT2D eigenvalue weighted by Crippen LogP contribution is 2.23. The summed E-state index contributed by atoms with van der Waals surface area (Å²) in [5.41, 5.74) is 2.39. The molecule has 16 heteroatoms. The highest BCUT2D eigenvalue weighted by atomic mass is 32.2. The average molecular weight is 728 g/mol. The predicted octanol–water partition coefficient (Wildman–Crippen LogP) is 6.79. The number of aromatic nitrogens is 6. The molecule has 0 radical (unpaired) electrons. The maximum Gasteiger partial charge on any atom is 0.294 e. The van der Waals surface area contributed by atoms with Crippen LogP contribution in [0.5, 0.6) is 11.5 Å². The number of ether oxygens (including phenoxy) is 1. The standard InChI is InChI=1S/C21H16F2N4O.C15H12FN3O4S/c1-27-19-15(11-14(20(27)28)10-13-2-4-16(22)5-3-13)12-24-21(26-19)25-18-8-6-17(23)7-9-18;1-19-13-9(8-17-15(18-13)24-23-21-2)7-12(14(19)20)22-11-5-3-10(16)4-6-11/h2-9,11-12H,10H2,1H3,(H,24,25,26);3-8H,1-2H3. The number of pyridine rings is 2. The Morgan fingerprint density at radius 3 is 1.98 bits per heavy atom. The molecule has 4 aromatic heterocycles. The van der Waals surface area contributed by atoms with Gasteiger partial charge in [0, 0.05) is 54.9 Å². The monoisotopic (exact) mass is 727 g/mol. The van der Waals surface area contributed by atoms with E-state index >= 15 is 0 Å². The first kappa shape index (κ1) is 35.7. The van der Waals surface area contributed by atoms with Crippen LogP contribution in [0.2, 0.25) is 0 Å². The lowest BCUT2D eigenvalue weighted by Crippen LogP contribution is -2.22. The molecule has 12 nitrogen and oxygen atoms in total. The van der Waals surface area contributed by atoms with E-state index < -0.39 is 0 Å². The van der Waals surface area contributed by atoms with Gasteiger partial charge in [0.15, 0.2) is 5.75 Å². The molecule has 0 aliphatic carbocycles. The molecule has 0 fully saturated rings. The second-order valence-electron chi connectivity index (χ2n) is 11.1. The number of anilines is 2. The highest BCUT2D eigenvalue weighted by Gasteiger charge is 2.13. The highest BCUT2D eigenvalue weighted by molar-refractivity contribution is 7.94. The van der Waals surface area contributed by atoms with E-state index in [0.29, 0.717) is 56.6 Å². The third-order valence-corrected chi connectivity index (χ3v) is 8.09. The largest absolute Gasteiger partial charge is 0.452 e.